The summed E-state index contributed by atoms with van der Waals surface area (Å²) in [5, 5.41) is 15.3. The number of esters is 1. The van der Waals surface area contributed by atoms with E-state index in [-0.39, 0.29) is 62.5 Å². The third kappa shape index (κ3) is 13.0. The number of methoxy groups -OCH3 is 1. The highest BCUT2D eigenvalue weighted by molar-refractivity contribution is 6.41. The number of nitrogens with one attached hydrogen (secondary N) is 2. The lowest BCUT2D eigenvalue weighted by Gasteiger charge is -2.11. The number of carboxylic acid groups (broad SMARTS) is 1. The van der Waals surface area contributed by atoms with E-state index < -0.39 is 35.8 Å². The fourth-order valence-corrected chi connectivity index (χ4v) is 5.23. The topological polar surface area (TPSA) is 174 Å². The summed E-state index contributed by atoms with van der Waals surface area (Å²) in [6.07, 6.45) is 0.553. The zero-order valence-electron chi connectivity index (χ0n) is 25.6. The predicted octanol–water partition coefficient (Wildman–Crippen LogP) is 7.33. The molecule has 0 fully saturated rings. The molecule has 0 spiro atoms. The second kappa shape index (κ2) is 20.8. The van der Waals surface area contributed by atoms with Crippen molar-refractivity contribution in [3.8, 4) is 0 Å². The first-order chi connectivity index (χ1) is 22.3. The van der Waals surface area contributed by atoms with Crippen LogP contribution in [0, 0.1) is 0 Å². The van der Waals surface area contributed by atoms with Crippen molar-refractivity contribution >= 4 is 106 Å². The van der Waals surface area contributed by atoms with E-state index in [4.69, 9.17) is 63.0 Å². The molecule has 0 heterocycles. The number of halogens is 6. The Hall–Kier alpha value is -3.58. The molecule has 10 nitrogen and oxygen atoms in total. The van der Waals surface area contributed by atoms with E-state index in [2.05, 4.69) is 15.4 Å². The minimum atomic E-state index is -1.06. The van der Waals surface area contributed by atoms with Gasteiger partial charge in [-0.2, -0.15) is 0 Å². The van der Waals surface area contributed by atoms with Crippen LogP contribution in [0.5, 0.6) is 0 Å². The molecule has 0 bridgehead atoms. The van der Waals surface area contributed by atoms with Gasteiger partial charge in [-0.25, -0.2) is 0 Å². The summed E-state index contributed by atoms with van der Waals surface area (Å²) in [4.78, 5) is 46.6. The first kappa shape index (κ1) is 43.4. The lowest BCUT2D eigenvalue weighted by molar-refractivity contribution is -0.142. The second-order valence-corrected chi connectivity index (χ2v) is 11.6. The van der Waals surface area contributed by atoms with Gasteiger partial charge in [0.1, 0.15) is 12.1 Å². The molecule has 262 valence electrons. The van der Waals surface area contributed by atoms with Crippen LogP contribution in [-0.4, -0.2) is 48.1 Å². The average molecular weight is 793 g/mol. The molecule has 2 amide bonds. The van der Waals surface area contributed by atoms with Gasteiger partial charge < -0.3 is 31.9 Å². The molecule has 0 aliphatic heterocycles. The molecule has 4 aromatic rings. The van der Waals surface area contributed by atoms with Crippen LogP contribution in [0.25, 0.3) is 0 Å². The molecule has 7 N–H and O–H groups in total. The van der Waals surface area contributed by atoms with E-state index >= 15 is 0 Å². The summed E-state index contributed by atoms with van der Waals surface area (Å²) in [5.74, 6) is -2.35. The maximum absolute atomic E-state index is 12.3. The number of nitrogens with two attached hydrogens (primary N) is 2. The lowest BCUT2D eigenvalue weighted by atomic mass is 10.1. The van der Waals surface area contributed by atoms with E-state index in [1.54, 1.807) is 84.9 Å². The first-order valence-electron chi connectivity index (χ1n) is 13.8. The van der Waals surface area contributed by atoms with Gasteiger partial charge in [-0.05, 0) is 72.5 Å². The van der Waals surface area contributed by atoms with Crippen LogP contribution in [0.2, 0.25) is 20.1 Å². The number of ether oxygens (including phenoxy) is 1. The van der Waals surface area contributed by atoms with E-state index in [0.29, 0.717) is 17.8 Å². The Labute approximate surface area is 315 Å². The van der Waals surface area contributed by atoms with Gasteiger partial charge in [-0.15, -0.1) is 24.8 Å². The number of anilines is 2. The molecule has 0 aliphatic carbocycles. The fraction of sp³-hybridized carbons (Fsp3) is 0.152. The van der Waals surface area contributed by atoms with Gasteiger partial charge in [0.2, 0.25) is 0 Å². The Bertz CT molecular complexity index is 1700. The standard InChI is InChI=1S/C17H16Cl2N2O3.C16H14Cl2N2O3.2ClH/c1-24-17(23)14(20)9-10-5-7-11(8-6-10)21-16(22)15-12(18)3-2-4-13(15)19;17-11-2-1-3-12(18)14(11)15(21)20-10-6-4-9(5-7-10)8-13(19)16(22)23;;/h2-8,14H,9,20H2,1H3,(H,21,22);1-7,13H,8,19H2,(H,20,21)(H,22,23);2*1H. The van der Waals surface area contributed by atoms with Crippen LogP contribution in [-0.2, 0) is 27.2 Å². The van der Waals surface area contributed by atoms with Crippen molar-refractivity contribution in [3.63, 3.8) is 0 Å². The molecule has 0 radical (unpaired) electrons. The van der Waals surface area contributed by atoms with E-state index in [9.17, 15) is 19.2 Å². The molecule has 2 unspecified atom stereocenters. The third-order valence-electron chi connectivity index (χ3n) is 6.54. The van der Waals surface area contributed by atoms with Gasteiger partial charge in [-0.1, -0.05) is 82.8 Å². The molecule has 2 atom stereocenters. The number of carbonyl (C=O) groups excluding carboxylic acids is 3. The Morgan fingerprint density at radius 2 is 0.959 bits per heavy atom. The molecule has 0 aliphatic rings. The van der Waals surface area contributed by atoms with Crippen molar-refractivity contribution in [2.45, 2.75) is 24.9 Å². The molecular weight excluding hydrogens is 761 g/mol. The number of benzene rings is 4. The summed E-state index contributed by atoms with van der Waals surface area (Å²) >= 11 is 24.0. The molecule has 49 heavy (non-hydrogen) atoms. The number of aliphatic carboxylic acids is 1. The van der Waals surface area contributed by atoms with Gasteiger partial charge in [0.05, 0.1) is 38.3 Å². The van der Waals surface area contributed by atoms with Gasteiger partial charge in [0.15, 0.2) is 0 Å². The molecule has 16 heteroatoms. The minimum Gasteiger partial charge on any atom is -0.480 e. The minimum absolute atomic E-state index is 0. The van der Waals surface area contributed by atoms with Crippen molar-refractivity contribution in [2.75, 3.05) is 17.7 Å². The highest BCUT2D eigenvalue weighted by atomic mass is 35.5. The zero-order valence-corrected chi connectivity index (χ0v) is 30.3. The largest absolute Gasteiger partial charge is 0.480 e. The quantitative estimate of drug-likeness (QED) is 0.104. The van der Waals surface area contributed by atoms with Crippen LogP contribution < -0.4 is 22.1 Å². The van der Waals surface area contributed by atoms with Crippen molar-refractivity contribution in [1.82, 2.24) is 0 Å². The maximum Gasteiger partial charge on any atom is 0.322 e. The SMILES string of the molecule is COC(=O)C(N)Cc1ccc(NC(=O)c2c(Cl)cccc2Cl)cc1.Cl.Cl.NC(Cc1ccc(NC(=O)c2c(Cl)cccc2Cl)cc1)C(=O)O. The van der Waals surface area contributed by atoms with Crippen LogP contribution in [0.15, 0.2) is 84.9 Å². The van der Waals surface area contributed by atoms with Gasteiger partial charge in [0.25, 0.3) is 11.8 Å². The van der Waals surface area contributed by atoms with Crippen molar-refractivity contribution < 1.29 is 29.0 Å². The summed E-state index contributed by atoms with van der Waals surface area (Å²) in [6.45, 7) is 0. The number of carbonyl (C=O) groups is 4. The number of carboxylic acids is 1. The first-order valence-corrected chi connectivity index (χ1v) is 15.3. The summed E-state index contributed by atoms with van der Waals surface area (Å²) in [6, 6.07) is 21.7. The van der Waals surface area contributed by atoms with Crippen molar-refractivity contribution in [3.05, 3.63) is 127 Å². The summed E-state index contributed by atoms with van der Waals surface area (Å²) in [7, 11) is 1.29. The average Bonchev–Trinajstić information content (AvgIpc) is 3.02. The predicted molar refractivity (Wildman–Crippen MR) is 199 cm³/mol. The lowest BCUT2D eigenvalue weighted by Crippen LogP contribution is -2.33. The highest BCUT2D eigenvalue weighted by Gasteiger charge is 2.17. The van der Waals surface area contributed by atoms with Gasteiger partial charge in [-0.3, -0.25) is 19.2 Å². The van der Waals surface area contributed by atoms with Gasteiger partial charge in [0, 0.05) is 11.4 Å². The van der Waals surface area contributed by atoms with Gasteiger partial charge >= 0.3 is 11.9 Å². The second-order valence-electron chi connectivity index (χ2n) is 9.98. The maximum atomic E-state index is 12.3. The fourth-order valence-electron chi connectivity index (χ4n) is 4.09. The number of hydrogen-bond acceptors (Lipinski definition) is 7. The highest BCUT2D eigenvalue weighted by Crippen LogP contribution is 2.26. The molecular formula is C33H32Cl6N4O6. The Morgan fingerprint density at radius 3 is 1.27 bits per heavy atom. The smallest absolute Gasteiger partial charge is 0.322 e. The van der Waals surface area contributed by atoms with Crippen LogP contribution >= 0.6 is 71.2 Å². The van der Waals surface area contributed by atoms with E-state index in [1.807, 2.05) is 0 Å². The zero-order chi connectivity index (χ0) is 34.7. The Kier molecular flexibility index (Phi) is 18.5. The van der Waals surface area contributed by atoms with Crippen LogP contribution in [0.4, 0.5) is 11.4 Å². The number of hydrogen-bond donors (Lipinski definition) is 5. The normalized spacial score (nSPS) is 11.2. The summed E-state index contributed by atoms with van der Waals surface area (Å²) in [5.41, 5.74) is 14.3. The molecule has 0 saturated carbocycles. The molecule has 0 saturated heterocycles. The molecule has 0 aromatic heterocycles. The van der Waals surface area contributed by atoms with E-state index in [1.165, 1.54) is 7.11 Å². The number of amides is 2. The molecule has 4 aromatic carbocycles. The number of rotatable bonds is 10. The molecule has 4 rings (SSSR count). The van der Waals surface area contributed by atoms with E-state index in [0.717, 1.165) is 11.1 Å². The van der Waals surface area contributed by atoms with Crippen molar-refractivity contribution in [2.24, 2.45) is 11.5 Å². The Morgan fingerprint density at radius 1 is 0.633 bits per heavy atom. The van der Waals surface area contributed by atoms with Crippen LogP contribution in [0.1, 0.15) is 31.8 Å². The van der Waals surface area contributed by atoms with Crippen molar-refractivity contribution in [1.29, 1.82) is 0 Å². The monoisotopic (exact) mass is 790 g/mol. The van der Waals surface area contributed by atoms with Crippen LogP contribution in [0.3, 0.4) is 0 Å². The Balaban J connectivity index is 0.000000471. The third-order valence-corrected chi connectivity index (χ3v) is 7.80. The summed E-state index contributed by atoms with van der Waals surface area (Å²) < 4.78 is 4.59.